The first-order valence-electron chi connectivity index (χ1n) is 6.65. The number of likely N-dealkylation sites (tertiary alicyclic amines) is 1. The molecule has 2 aliphatic heterocycles. The van der Waals surface area contributed by atoms with E-state index in [-0.39, 0.29) is 29.8 Å². The number of carbonyl (C=O) groups excluding carboxylic acids is 1. The molecule has 0 aromatic heterocycles. The summed E-state index contributed by atoms with van der Waals surface area (Å²) >= 11 is 0. The number of hydrogen-bond acceptors (Lipinski definition) is 2. The normalized spacial score (nSPS) is 21.0. The first kappa shape index (κ1) is 15.2. The highest BCUT2D eigenvalue weighted by atomic mass is 19.4. The van der Waals surface area contributed by atoms with Gasteiger partial charge in [-0.15, -0.1) is 0 Å². The zero-order valence-electron chi connectivity index (χ0n) is 11.7. The van der Waals surface area contributed by atoms with Crippen LogP contribution in [0.3, 0.4) is 0 Å². The van der Waals surface area contributed by atoms with Crippen molar-refractivity contribution in [1.82, 2.24) is 9.80 Å². The molecule has 0 radical (unpaired) electrons. The highest BCUT2D eigenvalue weighted by molar-refractivity contribution is 5.98. The minimum Gasteiger partial charge on any atom is -0.337 e. The Morgan fingerprint density at radius 3 is 2.41 bits per heavy atom. The topological polar surface area (TPSA) is 23.6 Å². The number of hydrogen-bond donors (Lipinski definition) is 0. The quantitative estimate of drug-likeness (QED) is 0.782. The average molecular weight is 320 g/mol. The highest BCUT2D eigenvalue weighted by Gasteiger charge is 2.44. The van der Waals surface area contributed by atoms with Crippen LogP contribution in [0.5, 0.6) is 0 Å². The maximum absolute atomic E-state index is 13.2. The molecule has 1 aromatic rings. The van der Waals surface area contributed by atoms with Crippen LogP contribution in [0.1, 0.15) is 27.0 Å². The van der Waals surface area contributed by atoms with Crippen LogP contribution in [-0.4, -0.2) is 41.8 Å². The Hall–Kier alpha value is -1.70. The van der Waals surface area contributed by atoms with Crippen molar-refractivity contribution in [1.29, 1.82) is 0 Å². The number of benzene rings is 1. The second kappa shape index (κ2) is 4.65. The standard InChI is InChI=1S/C14H13F5N2O/c1-20-5-10-9(12(20)22)2-8(3-11(10)14(17,18)19)4-21-6-13(15,16)7-21/h2-3H,4-7H2,1H3. The molecule has 2 aliphatic rings. The summed E-state index contributed by atoms with van der Waals surface area (Å²) in [5.74, 6) is -3.25. The molecule has 2 heterocycles. The minimum atomic E-state index is -4.58. The van der Waals surface area contributed by atoms with Gasteiger partial charge in [0.15, 0.2) is 0 Å². The third kappa shape index (κ3) is 2.55. The molecular formula is C14H13F5N2O. The van der Waals surface area contributed by atoms with E-state index in [1.165, 1.54) is 22.9 Å². The highest BCUT2D eigenvalue weighted by Crippen LogP contribution is 2.38. The Morgan fingerprint density at radius 2 is 1.86 bits per heavy atom. The van der Waals surface area contributed by atoms with Crippen molar-refractivity contribution in [3.8, 4) is 0 Å². The first-order chi connectivity index (χ1) is 10.1. The summed E-state index contributed by atoms with van der Waals surface area (Å²) in [6, 6.07) is 2.34. The summed E-state index contributed by atoms with van der Waals surface area (Å²) in [5, 5.41) is 0. The third-order valence-electron chi connectivity index (χ3n) is 3.90. The average Bonchev–Trinajstić information content (AvgIpc) is 2.62. The van der Waals surface area contributed by atoms with E-state index in [2.05, 4.69) is 0 Å². The number of fused-ring (bicyclic) bond motifs is 1. The van der Waals surface area contributed by atoms with E-state index in [0.29, 0.717) is 0 Å². The van der Waals surface area contributed by atoms with Crippen molar-refractivity contribution in [3.05, 3.63) is 34.4 Å². The van der Waals surface area contributed by atoms with Crippen LogP contribution >= 0.6 is 0 Å². The van der Waals surface area contributed by atoms with Crippen molar-refractivity contribution in [2.24, 2.45) is 0 Å². The van der Waals surface area contributed by atoms with Crippen molar-refractivity contribution >= 4 is 5.91 Å². The lowest BCUT2D eigenvalue weighted by atomic mass is 9.98. The van der Waals surface area contributed by atoms with Gasteiger partial charge in [0, 0.05) is 25.7 Å². The van der Waals surface area contributed by atoms with Gasteiger partial charge in [0.05, 0.1) is 18.7 Å². The summed E-state index contributed by atoms with van der Waals surface area (Å²) < 4.78 is 65.1. The van der Waals surface area contributed by atoms with E-state index < -0.39 is 36.7 Å². The van der Waals surface area contributed by atoms with Crippen LogP contribution in [-0.2, 0) is 19.3 Å². The number of carbonyl (C=O) groups is 1. The van der Waals surface area contributed by atoms with E-state index in [9.17, 15) is 26.7 Å². The minimum absolute atomic E-state index is 0.0135. The maximum atomic E-state index is 13.2. The molecule has 0 atom stereocenters. The van der Waals surface area contributed by atoms with Crippen LogP contribution in [0, 0.1) is 0 Å². The Bertz CT molecular complexity index is 633. The molecule has 1 aromatic carbocycles. The van der Waals surface area contributed by atoms with Gasteiger partial charge in [-0.3, -0.25) is 9.69 Å². The van der Waals surface area contributed by atoms with Gasteiger partial charge in [-0.1, -0.05) is 0 Å². The van der Waals surface area contributed by atoms with Crippen LogP contribution in [0.25, 0.3) is 0 Å². The van der Waals surface area contributed by atoms with Gasteiger partial charge in [-0.25, -0.2) is 8.78 Å². The van der Waals surface area contributed by atoms with Crippen molar-refractivity contribution in [2.75, 3.05) is 20.1 Å². The molecule has 0 N–H and O–H groups in total. The van der Waals surface area contributed by atoms with Crippen molar-refractivity contribution in [3.63, 3.8) is 0 Å². The van der Waals surface area contributed by atoms with Gasteiger partial charge in [0.2, 0.25) is 0 Å². The number of rotatable bonds is 2. The molecule has 8 heteroatoms. The van der Waals surface area contributed by atoms with E-state index >= 15 is 0 Å². The predicted octanol–water partition coefficient (Wildman–Crippen LogP) is 2.74. The van der Waals surface area contributed by atoms with Gasteiger partial charge in [0.1, 0.15) is 0 Å². The largest absolute Gasteiger partial charge is 0.416 e. The van der Waals surface area contributed by atoms with Crippen LogP contribution in [0.4, 0.5) is 22.0 Å². The summed E-state index contributed by atoms with van der Waals surface area (Å²) in [5.41, 5.74) is -0.660. The van der Waals surface area contributed by atoms with Crippen LogP contribution in [0.15, 0.2) is 12.1 Å². The second-order valence-corrected chi connectivity index (χ2v) is 5.83. The molecule has 0 spiro atoms. The fourth-order valence-electron chi connectivity index (χ4n) is 2.93. The lowest BCUT2D eigenvalue weighted by molar-refractivity contribution is -0.139. The van der Waals surface area contributed by atoms with Gasteiger partial charge in [-0.05, 0) is 23.3 Å². The Balaban J connectivity index is 1.94. The fourth-order valence-corrected chi connectivity index (χ4v) is 2.93. The molecule has 1 saturated heterocycles. The van der Waals surface area contributed by atoms with Crippen LogP contribution < -0.4 is 0 Å². The van der Waals surface area contributed by atoms with Gasteiger partial charge in [-0.2, -0.15) is 13.2 Å². The second-order valence-electron chi connectivity index (χ2n) is 5.83. The molecule has 3 nitrogen and oxygen atoms in total. The lowest BCUT2D eigenvalue weighted by Gasteiger charge is -2.38. The van der Waals surface area contributed by atoms with Gasteiger partial charge in [0.25, 0.3) is 11.8 Å². The Kier molecular flexibility index (Phi) is 3.21. The summed E-state index contributed by atoms with van der Waals surface area (Å²) in [6.45, 7) is -1.06. The van der Waals surface area contributed by atoms with E-state index in [1.807, 2.05) is 0 Å². The van der Waals surface area contributed by atoms with E-state index in [1.54, 1.807) is 0 Å². The van der Waals surface area contributed by atoms with Crippen molar-refractivity contribution in [2.45, 2.75) is 25.2 Å². The zero-order valence-corrected chi connectivity index (χ0v) is 11.7. The lowest BCUT2D eigenvalue weighted by Crippen LogP contribution is -2.55. The molecule has 0 bridgehead atoms. The third-order valence-corrected chi connectivity index (χ3v) is 3.90. The number of alkyl halides is 5. The summed E-state index contributed by atoms with van der Waals surface area (Å²) in [4.78, 5) is 14.5. The predicted molar refractivity (Wildman–Crippen MR) is 67.5 cm³/mol. The van der Waals surface area contributed by atoms with Crippen LogP contribution in [0.2, 0.25) is 0 Å². The molecule has 0 aliphatic carbocycles. The van der Waals surface area contributed by atoms with Gasteiger partial charge >= 0.3 is 6.18 Å². The van der Waals surface area contributed by atoms with Crippen molar-refractivity contribution < 1.29 is 26.7 Å². The first-order valence-corrected chi connectivity index (χ1v) is 6.65. The number of nitrogens with zero attached hydrogens (tertiary/aromatic N) is 2. The Labute approximate surface area is 123 Å². The Morgan fingerprint density at radius 1 is 1.23 bits per heavy atom. The monoisotopic (exact) mass is 320 g/mol. The molecule has 3 rings (SSSR count). The smallest absolute Gasteiger partial charge is 0.337 e. The number of halogens is 5. The van der Waals surface area contributed by atoms with E-state index in [4.69, 9.17) is 0 Å². The fraction of sp³-hybridized carbons (Fsp3) is 0.500. The maximum Gasteiger partial charge on any atom is 0.416 e. The van der Waals surface area contributed by atoms with Gasteiger partial charge < -0.3 is 4.90 Å². The number of amides is 1. The molecule has 1 fully saturated rings. The molecule has 0 unspecified atom stereocenters. The summed E-state index contributed by atoms with van der Waals surface area (Å²) in [7, 11) is 1.43. The zero-order chi connectivity index (χ0) is 16.3. The molecular weight excluding hydrogens is 307 g/mol. The molecule has 1 amide bonds. The summed E-state index contributed by atoms with van der Waals surface area (Å²) in [6.07, 6.45) is -4.58. The molecule has 22 heavy (non-hydrogen) atoms. The molecule has 0 saturated carbocycles. The van der Waals surface area contributed by atoms with E-state index in [0.717, 1.165) is 6.07 Å². The molecule has 120 valence electrons. The SMILES string of the molecule is CN1Cc2c(cc(CN3CC(F)(F)C3)cc2C(F)(F)F)C1=O.